The summed E-state index contributed by atoms with van der Waals surface area (Å²) in [6.07, 6.45) is 1.79. The van der Waals surface area contributed by atoms with Crippen LogP contribution in [0.1, 0.15) is 24.4 Å². The van der Waals surface area contributed by atoms with Gasteiger partial charge in [-0.3, -0.25) is 5.10 Å². The molecule has 2 aromatic heterocycles. The van der Waals surface area contributed by atoms with Crippen molar-refractivity contribution in [1.82, 2.24) is 20.6 Å². The fourth-order valence-corrected chi connectivity index (χ4v) is 3.99. The van der Waals surface area contributed by atoms with Crippen molar-refractivity contribution in [3.8, 4) is 0 Å². The Morgan fingerprint density at radius 1 is 1.28 bits per heavy atom. The van der Waals surface area contributed by atoms with E-state index in [2.05, 4.69) is 50.5 Å². The third-order valence-electron chi connectivity index (χ3n) is 5.38. The summed E-state index contributed by atoms with van der Waals surface area (Å²) in [6.45, 7) is 6.50. The molecule has 5 rings (SSSR count). The Bertz CT molecular complexity index is 778. The predicted molar refractivity (Wildman–Crippen MR) is 96.0 cm³/mol. The van der Waals surface area contributed by atoms with Crippen LogP contribution in [0.5, 0.6) is 0 Å². The molecule has 0 saturated carbocycles. The number of nitrogens with one attached hydrogen (secondary N) is 2. The second-order valence-electron chi connectivity index (χ2n) is 7.00. The molecule has 3 aliphatic heterocycles. The first kappa shape index (κ1) is 15.0. The number of hydrazine groups is 1. The Kier molecular flexibility index (Phi) is 3.36. The number of rotatable bonds is 2. The van der Waals surface area contributed by atoms with Crippen molar-refractivity contribution in [3.05, 3.63) is 29.7 Å². The van der Waals surface area contributed by atoms with Crippen LogP contribution < -0.4 is 20.2 Å². The number of hydrogen-bond acceptors (Lipinski definition) is 7. The van der Waals surface area contributed by atoms with Crippen molar-refractivity contribution >= 4 is 17.2 Å². The van der Waals surface area contributed by atoms with Crippen LogP contribution in [-0.2, 0) is 4.74 Å². The summed E-state index contributed by atoms with van der Waals surface area (Å²) in [7, 11) is 2.16. The van der Waals surface area contributed by atoms with Gasteiger partial charge in [-0.2, -0.15) is 5.10 Å². The normalized spacial score (nSPS) is 25.4. The average Bonchev–Trinajstić information content (AvgIpc) is 3.27. The van der Waals surface area contributed by atoms with Crippen LogP contribution in [0.4, 0.5) is 17.2 Å². The van der Waals surface area contributed by atoms with E-state index in [-0.39, 0.29) is 6.04 Å². The Labute approximate surface area is 146 Å². The van der Waals surface area contributed by atoms with Gasteiger partial charge in [0, 0.05) is 32.4 Å². The number of ether oxygens (including phenoxy) is 1. The number of hydrogen-bond donors (Lipinski definition) is 2. The van der Waals surface area contributed by atoms with E-state index in [1.54, 1.807) is 6.20 Å². The highest BCUT2D eigenvalue weighted by Crippen LogP contribution is 2.45. The lowest BCUT2D eigenvalue weighted by Crippen LogP contribution is -2.45. The lowest BCUT2D eigenvalue weighted by atomic mass is 10.1. The van der Waals surface area contributed by atoms with Crippen LogP contribution in [-0.4, -0.2) is 61.1 Å². The molecule has 0 bridgehead atoms. The average molecular weight is 341 g/mol. The number of H-pyrrole nitrogens is 1. The molecule has 2 aromatic rings. The summed E-state index contributed by atoms with van der Waals surface area (Å²) in [5, 5.41) is 9.45. The summed E-state index contributed by atoms with van der Waals surface area (Å²) < 4.78 is 5.60. The molecule has 2 N–H and O–H groups in total. The topological polar surface area (TPSA) is 72.5 Å². The van der Waals surface area contributed by atoms with Crippen molar-refractivity contribution in [2.75, 3.05) is 54.7 Å². The second-order valence-corrected chi connectivity index (χ2v) is 7.00. The third-order valence-corrected chi connectivity index (χ3v) is 5.38. The van der Waals surface area contributed by atoms with Crippen molar-refractivity contribution in [2.24, 2.45) is 0 Å². The molecular weight excluding hydrogens is 318 g/mol. The van der Waals surface area contributed by atoms with E-state index in [4.69, 9.17) is 9.72 Å². The molecule has 8 nitrogen and oxygen atoms in total. The fourth-order valence-electron chi connectivity index (χ4n) is 3.99. The molecule has 25 heavy (non-hydrogen) atoms. The van der Waals surface area contributed by atoms with E-state index < -0.39 is 0 Å². The Morgan fingerprint density at radius 3 is 3.00 bits per heavy atom. The lowest BCUT2D eigenvalue weighted by Gasteiger charge is -2.37. The van der Waals surface area contributed by atoms with Gasteiger partial charge >= 0.3 is 0 Å². The van der Waals surface area contributed by atoms with E-state index >= 15 is 0 Å². The second kappa shape index (κ2) is 5.60. The van der Waals surface area contributed by atoms with Crippen LogP contribution >= 0.6 is 0 Å². The molecule has 0 aliphatic carbocycles. The molecular formula is C17H23N7O. The van der Waals surface area contributed by atoms with E-state index in [9.17, 15) is 0 Å². The van der Waals surface area contributed by atoms with E-state index in [0.29, 0.717) is 6.04 Å². The van der Waals surface area contributed by atoms with E-state index in [0.717, 1.165) is 50.1 Å². The van der Waals surface area contributed by atoms with E-state index in [1.807, 2.05) is 6.07 Å². The molecule has 0 aromatic carbocycles. The highest BCUT2D eigenvalue weighted by molar-refractivity contribution is 5.80. The molecule has 0 spiro atoms. The standard InChI is InChI=1S/C17H23N7O/c1-11-10-25-8-7-23(11)14-9-13-17-16(19-14)15(12-3-4-18-20-12)21-24(17)6-5-22(13)2/h3-4,9,11,15,21H,5-8,10H2,1-2H3,(H,18,20)/t11-,15?/m1/s1. The highest BCUT2D eigenvalue weighted by Gasteiger charge is 2.38. The van der Waals surface area contributed by atoms with E-state index in [1.165, 1.54) is 11.4 Å². The first-order valence-corrected chi connectivity index (χ1v) is 8.86. The molecule has 8 heteroatoms. The molecule has 0 amide bonds. The van der Waals surface area contributed by atoms with Crippen molar-refractivity contribution in [2.45, 2.75) is 19.0 Å². The van der Waals surface area contributed by atoms with Crippen LogP contribution in [0.15, 0.2) is 18.3 Å². The zero-order valence-electron chi connectivity index (χ0n) is 14.6. The highest BCUT2D eigenvalue weighted by atomic mass is 16.5. The lowest BCUT2D eigenvalue weighted by molar-refractivity contribution is 0.0985. The maximum absolute atomic E-state index is 5.60. The van der Waals surface area contributed by atoms with Crippen molar-refractivity contribution in [3.63, 3.8) is 0 Å². The Morgan fingerprint density at radius 2 is 2.20 bits per heavy atom. The summed E-state index contributed by atoms with van der Waals surface area (Å²) >= 11 is 0. The third kappa shape index (κ3) is 2.28. The maximum Gasteiger partial charge on any atom is 0.131 e. The van der Waals surface area contributed by atoms with Gasteiger partial charge < -0.3 is 19.5 Å². The molecule has 2 atom stereocenters. The SMILES string of the molecule is C[C@@H]1COCCN1c1cc2c3c(n1)C(c1ccn[nH]1)NN3CCN2C. The minimum atomic E-state index is 0.0130. The smallest absolute Gasteiger partial charge is 0.131 e. The van der Waals surface area contributed by atoms with Crippen LogP contribution in [0.3, 0.4) is 0 Å². The van der Waals surface area contributed by atoms with Gasteiger partial charge in [0.2, 0.25) is 0 Å². The van der Waals surface area contributed by atoms with Gasteiger partial charge in [0.15, 0.2) is 0 Å². The van der Waals surface area contributed by atoms with Gasteiger partial charge in [-0.1, -0.05) is 0 Å². The summed E-state index contributed by atoms with van der Waals surface area (Å²) in [5.74, 6) is 1.03. The van der Waals surface area contributed by atoms with Gasteiger partial charge in [0.1, 0.15) is 11.9 Å². The molecule has 5 heterocycles. The fraction of sp³-hybridized carbons (Fsp3) is 0.529. The number of aromatic amines is 1. The maximum atomic E-state index is 5.60. The summed E-state index contributed by atoms with van der Waals surface area (Å²) in [5.41, 5.74) is 8.13. The monoisotopic (exact) mass is 341 g/mol. The number of aromatic nitrogens is 3. The quantitative estimate of drug-likeness (QED) is 0.840. The minimum absolute atomic E-state index is 0.0130. The largest absolute Gasteiger partial charge is 0.377 e. The zero-order chi connectivity index (χ0) is 17.0. The van der Waals surface area contributed by atoms with Gasteiger partial charge in [-0.25, -0.2) is 10.4 Å². The molecule has 3 aliphatic rings. The molecule has 1 fully saturated rings. The first-order chi connectivity index (χ1) is 12.2. The number of anilines is 3. The van der Waals surface area contributed by atoms with Crippen LogP contribution in [0.25, 0.3) is 0 Å². The Balaban J connectivity index is 1.64. The minimum Gasteiger partial charge on any atom is -0.377 e. The van der Waals surface area contributed by atoms with Crippen LogP contribution in [0.2, 0.25) is 0 Å². The number of likely N-dealkylation sites (N-methyl/N-ethyl adjacent to an activating group) is 1. The summed E-state index contributed by atoms with van der Waals surface area (Å²) in [4.78, 5) is 9.76. The number of pyridine rings is 1. The molecule has 1 saturated heterocycles. The number of nitrogens with zero attached hydrogens (tertiary/aromatic N) is 5. The molecule has 132 valence electrons. The first-order valence-electron chi connectivity index (χ1n) is 8.86. The zero-order valence-corrected chi connectivity index (χ0v) is 14.6. The van der Waals surface area contributed by atoms with Gasteiger partial charge in [0.05, 0.1) is 48.6 Å². The predicted octanol–water partition coefficient (Wildman–Crippen LogP) is 0.894. The number of morpholine rings is 1. The van der Waals surface area contributed by atoms with Gasteiger partial charge in [-0.15, -0.1) is 0 Å². The summed E-state index contributed by atoms with van der Waals surface area (Å²) in [6, 6.07) is 4.58. The van der Waals surface area contributed by atoms with Crippen molar-refractivity contribution < 1.29 is 4.74 Å². The van der Waals surface area contributed by atoms with Gasteiger partial charge in [-0.05, 0) is 13.0 Å². The van der Waals surface area contributed by atoms with Crippen molar-refractivity contribution in [1.29, 1.82) is 0 Å². The Hall–Kier alpha value is -2.32. The molecule has 0 radical (unpaired) electrons. The van der Waals surface area contributed by atoms with Crippen LogP contribution in [0, 0.1) is 0 Å². The van der Waals surface area contributed by atoms with Gasteiger partial charge in [0.25, 0.3) is 0 Å². The molecule has 1 unspecified atom stereocenters.